The fourth-order valence-corrected chi connectivity index (χ4v) is 2.77. The van der Waals surface area contributed by atoms with E-state index in [0.717, 1.165) is 19.3 Å². The molecule has 1 aliphatic carbocycles. The summed E-state index contributed by atoms with van der Waals surface area (Å²) in [5, 5.41) is 13.8. The summed E-state index contributed by atoms with van der Waals surface area (Å²) in [5.74, 6) is 0. The average Bonchev–Trinajstić information content (AvgIpc) is 2.39. The zero-order valence-electron chi connectivity index (χ0n) is 12.8. The molecular formula is C17H27NO2. The number of hydrogen-bond acceptors (Lipinski definition) is 3. The molecule has 20 heavy (non-hydrogen) atoms. The standard InChI is InChI=1S/C17H27NO2/c1-17(2,3)18-15-10-9-14(11-16(15)19)20-12-13-7-5-4-6-8-13/h4-8,14-16,18-19H,9-12H2,1-3H3/t14-,15-,16-/m0/s1. The molecule has 0 radical (unpaired) electrons. The monoisotopic (exact) mass is 277 g/mol. The van der Waals surface area contributed by atoms with Gasteiger partial charge in [0.15, 0.2) is 0 Å². The number of hydrogen-bond donors (Lipinski definition) is 2. The first-order valence-electron chi connectivity index (χ1n) is 7.55. The lowest BCUT2D eigenvalue weighted by Gasteiger charge is -2.37. The zero-order valence-corrected chi connectivity index (χ0v) is 12.8. The van der Waals surface area contributed by atoms with E-state index in [0.29, 0.717) is 6.61 Å². The van der Waals surface area contributed by atoms with E-state index in [1.54, 1.807) is 0 Å². The third-order valence-corrected chi connectivity index (χ3v) is 3.72. The SMILES string of the molecule is CC(C)(C)N[C@H]1CC[C@H](OCc2ccccc2)C[C@@H]1O. The smallest absolute Gasteiger partial charge is 0.0720 e. The van der Waals surface area contributed by atoms with Crippen molar-refractivity contribution in [3.63, 3.8) is 0 Å². The molecule has 2 N–H and O–H groups in total. The Morgan fingerprint density at radius 1 is 1.20 bits per heavy atom. The number of nitrogens with one attached hydrogen (secondary N) is 1. The van der Waals surface area contributed by atoms with Crippen LogP contribution in [0.2, 0.25) is 0 Å². The molecule has 0 bridgehead atoms. The molecule has 0 amide bonds. The highest BCUT2D eigenvalue weighted by Gasteiger charge is 2.31. The minimum absolute atomic E-state index is 0.0450. The van der Waals surface area contributed by atoms with Crippen LogP contribution in [-0.4, -0.2) is 28.9 Å². The Morgan fingerprint density at radius 3 is 2.50 bits per heavy atom. The van der Waals surface area contributed by atoms with Crippen LogP contribution in [0, 0.1) is 0 Å². The van der Waals surface area contributed by atoms with Crippen molar-refractivity contribution in [3.05, 3.63) is 35.9 Å². The predicted octanol–water partition coefficient (Wildman–Crippen LogP) is 2.87. The molecule has 0 saturated heterocycles. The molecular weight excluding hydrogens is 250 g/mol. The van der Waals surface area contributed by atoms with Gasteiger partial charge in [-0.2, -0.15) is 0 Å². The van der Waals surface area contributed by atoms with E-state index in [2.05, 4.69) is 38.2 Å². The number of ether oxygens (including phenoxy) is 1. The lowest BCUT2D eigenvalue weighted by Crippen LogP contribution is -2.52. The summed E-state index contributed by atoms with van der Waals surface area (Å²) in [7, 11) is 0. The number of aliphatic hydroxyl groups is 1. The van der Waals surface area contributed by atoms with Gasteiger partial charge in [0, 0.05) is 18.0 Å². The van der Waals surface area contributed by atoms with E-state index < -0.39 is 0 Å². The molecule has 3 atom stereocenters. The van der Waals surface area contributed by atoms with E-state index in [1.807, 2.05) is 18.2 Å². The molecule has 0 heterocycles. The van der Waals surface area contributed by atoms with Crippen molar-refractivity contribution in [2.24, 2.45) is 0 Å². The summed E-state index contributed by atoms with van der Waals surface area (Å²) in [6, 6.07) is 10.4. The summed E-state index contributed by atoms with van der Waals surface area (Å²) >= 11 is 0. The minimum Gasteiger partial charge on any atom is -0.391 e. The molecule has 2 rings (SSSR count). The van der Waals surface area contributed by atoms with Crippen LogP contribution in [0.25, 0.3) is 0 Å². The van der Waals surface area contributed by atoms with Crippen LogP contribution in [0.5, 0.6) is 0 Å². The molecule has 1 aromatic rings. The van der Waals surface area contributed by atoms with E-state index in [1.165, 1.54) is 5.56 Å². The largest absolute Gasteiger partial charge is 0.391 e. The van der Waals surface area contributed by atoms with Crippen molar-refractivity contribution in [2.75, 3.05) is 0 Å². The van der Waals surface area contributed by atoms with Crippen molar-refractivity contribution in [1.82, 2.24) is 5.32 Å². The maximum Gasteiger partial charge on any atom is 0.0720 e. The first kappa shape index (κ1) is 15.5. The maximum absolute atomic E-state index is 10.3. The van der Waals surface area contributed by atoms with Gasteiger partial charge < -0.3 is 15.2 Å². The third-order valence-electron chi connectivity index (χ3n) is 3.72. The van der Waals surface area contributed by atoms with E-state index in [-0.39, 0.29) is 23.8 Å². The van der Waals surface area contributed by atoms with E-state index in [4.69, 9.17) is 4.74 Å². The molecule has 3 heteroatoms. The molecule has 1 aromatic carbocycles. The number of rotatable bonds is 4. The summed E-state index contributed by atoms with van der Waals surface area (Å²) < 4.78 is 5.93. The number of benzene rings is 1. The van der Waals surface area contributed by atoms with Gasteiger partial charge in [-0.1, -0.05) is 30.3 Å². The summed E-state index contributed by atoms with van der Waals surface area (Å²) in [6.45, 7) is 7.04. The van der Waals surface area contributed by atoms with Crippen molar-refractivity contribution < 1.29 is 9.84 Å². The molecule has 1 fully saturated rings. The third kappa shape index (κ3) is 4.89. The van der Waals surface area contributed by atoms with Gasteiger partial charge in [-0.3, -0.25) is 0 Å². The molecule has 0 unspecified atom stereocenters. The topological polar surface area (TPSA) is 41.5 Å². The van der Waals surface area contributed by atoms with Crippen LogP contribution in [0.4, 0.5) is 0 Å². The molecule has 1 aliphatic rings. The van der Waals surface area contributed by atoms with Gasteiger partial charge in [-0.15, -0.1) is 0 Å². The van der Waals surface area contributed by atoms with E-state index >= 15 is 0 Å². The van der Waals surface area contributed by atoms with Crippen LogP contribution in [0.3, 0.4) is 0 Å². The molecule has 1 saturated carbocycles. The van der Waals surface area contributed by atoms with Gasteiger partial charge >= 0.3 is 0 Å². The van der Waals surface area contributed by atoms with Crippen LogP contribution >= 0.6 is 0 Å². The second kappa shape index (κ2) is 6.70. The quantitative estimate of drug-likeness (QED) is 0.889. The van der Waals surface area contributed by atoms with Crippen molar-refractivity contribution in [1.29, 1.82) is 0 Å². The molecule has 112 valence electrons. The Hall–Kier alpha value is -0.900. The van der Waals surface area contributed by atoms with Gasteiger partial charge in [0.1, 0.15) is 0 Å². The predicted molar refractivity (Wildman–Crippen MR) is 81.6 cm³/mol. The Kier molecular flexibility index (Phi) is 5.19. The lowest BCUT2D eigenvalue weighted by atomic mass is 9.88. The fourth-order valence-electron chi connectivity index (χ4n) is 2.77. The summed E-state index contributed by atoms with van der Waals surface area (Å²) in [6.07, 6.45) is 2.56. The van der Waals surface area contributed by atoms with Crippen molar-refractivity contribution >= 4 is 0 Å². The molecule has 0 spiro atoms. The highest BCUT2D eigenvalue weighted by Crippen LogP contribution is 2.24. The Bertz CT molecular complexity index is 399. The van der Waals surface area contributed by atoms with Crippen molar-refractivity contribution in [3.8, 4) is 0 Å². The summed E-state index contributed by atoms with van der Waals surface area (Å²) in [4.78, 5) is 0. The Morgan fingerprint density at radius 2 is 1.90 bits per heavy atom. The maximum atomic E-state index is 10.3. The van der Waals surface area contributed by atoms with Crippen LogP contribution in [0.15, 0.2) is 30.3 Å². The first-order chi connectivity index (χ1) is 9.44. The molecule has 0 aromatic heterocycles. The second-order valence-electron chi connectivity index (χ2n) is 6.80. The van der Waals surface area contributed by atoms with Gasteiger partial charge in [0.25, 0.3) is 0 Å². The lowest BCUT2D eigenvalue weighted by molar-refractivity contribution is -0.0389. The van der Waals surface area contributed by atoms with Crippen molar-refractivity contribution in [2.45, 2.75) is 70.4 Å². The summed E-state index contributed by atoms with van der Waals surface area (Å²) in [5.41, 5.74) is 1.24. The van der Waals surface area contributed by atoms with Gasteiger partial charge in [-0.25, -0.2) is 0 Å². The van der Waals surface area contributed by atoms with Crippen LogP contribution < -0.4 is 5.32 Å². The van der Waals surface area contributed by atoms with E-state index in [9.17, 15) is 5.11 Å². The molecule has 0 aliphatic heterocycles. The zero-order chi connectivity index (χ0) is 14.6. The van der Waals surface area contributed by atoms with Gasteiger partial charge in [0.05, 0.1) is 18.8 Å². The highest BCUT2D eigenvalue weighted by molar-refractivity contribution is 5.13. The highest BCUT2D eigenvalue weighted by atomic mass is 16.5. The second-order valence-corrected chi connectivity index (χ2v) is 6.80. The minimum atomic E-state index is -0.316. The first-order valence-corrected chi connectivity index (χ1v) is 7.55. The normalized spacial score (nSPS) is 27.5. The van der Waals surface area contributed by atoms with Gasteiger partial charge in [-0.05, 0) is 39.2 Å². The van der Waals surface area contributed by atoms with Crippen LogP contribution in [-0.2, 0) is 11.3 Å². The van der Waals surface area contributed by atoms with Gasteiger partial charge in [0.2, 0.25) is 0 Å². The number of aliphatic hydroxyl groups excluding tert-OH is 1. The Balaban J connectivity index is 1.78. The Labute approximate surface area is 122 Å². The average molecular weight is 277 g/mol. The molecule has 3 nitrogen and oxygen atoms in total. The van der Waals surface area contributed by atoms with Crippen LogP contribution in [0.1, 0.15) is 45.6 Å². The fraction of sp³-hybridized carbons (Fsp3) is 0.647.